The fraction of sp³-hybridized carbons (Fsp3) is 0.733. The smallest absolute Gasteiger partial charge is 0.226 e. The van der Waals surface area contributed by atoms with Crippen LogP contribution in [0, 0.1) is 19.8 Å². The van der Waals surface area contributed by atoms with Crippen molar-refractivity contribution in [3.05, 3.63) is 17.0 Å². The molecule has 2 rings (SSSR count). The lowest BCUT2D eigenvalue weighted by molar-refractivity contribution is -0.137. The lowest BCUT2D eigenvalue weighted by atomic mass is 9.97. The molecule has 128 valence electrons. The summed E-state index contributed by atoms with van der Waals surface area (Å²) in [4.78, 5) is 14.6. The van der Waals surface area contributed by atoms with Gasteiger partial charge in [0.15, 0.2) is 0 Å². The van der Waals surface area contributed by atoms with Crippen LogP contribution in [-0.4, -0.2) is 46.3 Å². The van der Waals surface area contributed by atoms with Gasteiger partial charge in [-0.3, -0.25) is 9.48 Å². The van der Waals surface area contributed by atoms with Gasteiger partial charge < -0.3 is 10.2 Å². The molecule has 0 spiro atoms. The van der Waals surface area contributed by atoms with E-state index in [-0.39, 0.29) is 42.7 Å². The number of carbonyl (C=O) groups excluding carboxylic acids is 1. The Kier molecular flexibility index (Phi) is 8.44. The fourth-order valence-corrected chi connectivity index (χ4v) is 2.96. The van der Waals surface area contributed by atoms with Gasteiger partial charge in [0, 0.05) is 44.3 Å². The minimum absolute atomic E-state index is 0. The number of carbonyl (C=O) groups is 1. The predicted molar refractivity (Wildman–Crippen MR) is 94.1 cm³/mol. The van der Waals surface area contributed by atoms with Gasteiger partial charge in [-0.1, -0.05) is 6.92 Å². The van der Waals surface area contributed by atoms with Crippen LogP contribution in [-0.2, 0) is 18.3 Å². The summed E-state index contributed by atoms with van der Waals surface area (Å²) in [6.45, 7) is 10.8. The van der Waals surface area contributed by atoms with Crippen LogP contribution in [0.4, 0.5) is 0 Å². The third-order valence-electron chi connectivity index (χ3n) is 4.38. The van der Waals surface area contributed by atoms with E-state index in [1.807, 2.05) is 30.5 Å². The van der Waals surface area contributed by atoms with Gasteiger partial charge in [0.2, 0.25) is 5.91 Å². The summed E-state index contributed by atoms with van der Waals surface area (Å²) in [6.07, 6.45) is 0.779. The van der Waals surface area contributed by atoms with E-state index in [1.54, 1.807) is 0 Å². The van der Waals surface area contributed by atoms with Crippen LogP contribution in [0.5, 0.6) is 0 Å². The summed E-state index contributed by atoms with van der Waals surface area (Å²) in [7, 11) is 1.96. The van der Waals surface area contributed by atoms with E-state index in [1.165, 1.54) is 5.56 Å². The molecule has 0 aromatic carbocycles. The highest BCUT2D eigenvalue weighted by molar-refractivity contribution is 5.85. The van der Waals surface area contributed by atoms with Gasteiger partial charge in [0.1, 0.15) is 0 Å². The number of amides is 1. The van der Waals surface area contributed by atoms with E-state index >= 15 is 0 Å². The normalized spacial score (nSPS) is 19.1. The lowest BCUT2D eigenvalue weighted by Crippen LogP contribution is -2.53. The molecule has 22 heavy (non-hydrogen) atoms. The minimum Gasteiger partial charge on any atom is -0.337 e. The number of aryl methyl sites for hydroxylation is 2. The number of hydrogen-bond donors (Lipinski definition) is 1. The van der Waals surface area contributed by atoms with E-state index < -0.39 is 0 Å². The number of piperazine rings is 1. The molecule has 2 atom stereocenters. The summed E-state index contributed by atoms with van der Waals surface area (Å²) in [5.74, 6) is 0.277. The van der Waals surface area contributed by atoms with Crippen molar-refractivity contribution in [2.24, 2.45) is 13.0 Å². The number of aromatic nitrogens is 2. The molecule has 7 heteroatoms. The van der Waals surface area contributed by atoms with Crippen molar-refractivity contribution in [1.82, 2.24) is 20.0 Å². The van der Waals surface area contributed by atoms with Crippen LogP contribution < -0.4 is 5.32 Å². The lowest BCUT2D eigenvalue weighted by Gasteiger charge is -2.35. The van der Waals surface area contributed by atoms with Crippen molar-refractivity contribution in [2.75, 3.05) is 19.6 Å². The number of halogens is 2. The zero-order valence-electron chi connectivity index (χ0n) is 14.0. The molecule has 1 aliphatic rings. The maximum atomic E-state index is 12.6. The Morgan fingerprint density at radius 2 is 2.05 bits per heavy atom. The number of hydrogen-bond acceptors (Lipinski definition) is 3. The van der Waals surface area contributed by atoms with Crippen LogP contribution in [0.15, 0.2) is 0 Å². The van der Waals surface area contributed by atoms with Crippen molar-refractivity contribution in [3.8, 4) is 0 Å². The maximum Gasteiger partial charge on any atom is 0.226 e. The van der Waals surface area contributed by atoms with E-state index in [2.05, 4.69) is 24.3 Å². The molecule has 1 aliphatic heterocycles. The Labute approximate surface area is 145 Å². The number of nitrogens with one attached hydrogen (secondary N) is 1. The zero-order chi connectivity index (χ0) is 14.9. The van der Waals surface area contributed by atoms with E-state index in [0.29, 0.717) is 0 Å². The largest absolute Gasteiger partial charge is 0.337 e. The number of rotatable bonds is 3. The molecular formula is C15H28Cl2N4O. The predicted octanol–water partition coefficient (Wildman–Crippen LogP) is 1.88. The average molecular weight is 351 g/mol. The van der Waals surface area contributed by atoms with Gasteiger partial charge in [-0.2, -0.15) is 5.10 Å². The standard InChI is InChI=1S/C15H26N4O.2ClH/c1-10(8-14-12(3)17-18(5)13(14)4)15(20)19-7-6-16-9-11(19)2;;/h10-11,16H,6-9H2,1-5H3;2*1H/t10?,11-;;/m0../s1. The Balaban J connectivity index is 0.00000220. The summed E-state index contributed by atoms with van der Waals surface area (Å²) < 4.78 is 1.90. The Morgan fingerprint density at radius 3 is 2.55 bits per heavy atom. The quantitative estimate of drug-likeness (QED) is 0.905. The highest BCUT2D eigenvalue weighted by atomic mass is 35.5. The second-order valence-corrected chi connectivity index (χ2v) is 5.96. The molecule has 2 heterocycles. The van der Waals surface area contributed by atoms with Crippen molar-refractivity contribution in [3.63, 3.8) is 0 Å². The Morgan fingerprint density at radius 1 is 1.41 bits per heavy atom. The van der Waals surface area contributed by atoms with Gasteiger partial charge in [-0.25, -0.2) is 0 Å². The molecule has 1 N–H and O–H groups in total. The van der Waals surface area contributed by atoms with Crippen molar-refractivity contribution >= 4 is 30.7 Å². The average Bonchev–Trinajstić information content (AvgIpc) is 2.65. The SMILES string of the molecule is Cc1nn(C)c(C)c1CC(C)C(=O)N1CCNC[C@@H]1C.Cl.Cl. The van der Waals surface area contributed by atoms with Gasteiger partial charge in [-0.15, -0.1) is 24.8 Å². The molecule has 5 nitrogen and oxygen atoms in total. The zero-order valence-corrected chi connectivity index (χ0v) is 15.7. The van der Waals surface area contributed by atoms with Crippen molar-refractivity contribution in [1.29, 1.82) is 0 Å². The van der Waals surface area contributed by atoms with E-state index in [4.69, 9.17) is 0 Å². The summed E-state index contributed by atoms with van der Waals surface area (Å²) >= 11 is 0. The van der Waals surface area contributed by atoms with Crippen LogP contribution in [0.2, 0.25) is 0 Å². The Hall–Kier alpha value is -0.780. The first-order valence-electron chi connectivity index (χ1n) is 7.42. The second kappa shape index (κ2) is 8.75. The van der Waals surface area contributed by atoms with Crippen molar-refractivity contribution < 1.29 is 4.79 Å². The molecule has 1 fully saturated rings. The van der Waals surface area contributed by atoms with Gasteiger partial charge >= 0.3 is 0 Å². The van der Waals surface area contributed by atoms with E-state index in [9.17, 15) is 4.79 Å². The maximum absolute atomic E-state index is 12.6. The van der Waals surface area contributed by atoms with Crippen LogP contribution >= 0.6 is 24.8 Å². The van der Waals surface area contributed by atoms with Crippen molar-refractivity contribution in [2.45, 2.75) is 40.2 Å². The summed E-state index contributed by atoms with van der Waals surface area (Å²) in [6, 6.07) is 0.287. The molecule has 1 unspecified atom stereocenters. The summed E-state index contributed by atoms with van der Waals surface area (Å²) in [5, 5.41) is 7.75. The summed E-state index contributed by atoms with van der Waals surface area (Å²) in [5.41, 5.74) is 3.42. The topological polar surface area (TPSA) is 50.2 Å². The van der Waals surface area contributed by atoms with Gasteiger partial charge in [-0.05, 0) is 32.8 Å². The molecule has 1 amide bonds. The molecule has 1 saturated heterocycles. The molecular weight excluding hydrogens is 323 g/mol. The van der Waals surface area contributed by atoms with Gasteiger partial charge in [0.25, 0.3) is 0 Å². The van der Waals surface area contributed by atoms with E-state index in [0.717, 1.165) is 37.4 Å². The Bertz CT molecular complexity index is 504. The third kappa shape index (κ3) is 4.37. The van der Waals surface area contributed by atoms with Gasteiger partial charge in [0.05, 0.1) is 5.69 Å². The van der Waals surface area contributed by atoms with Crippen LogP contribution in [0.25, 0.3) is 0 Å². The fourth-order valence-electron chi connectivity index (χ4n) is 2.96. The molecule has 1 aromatic rings. The highest BCUT2D eigenvalue weighted by Crippen LogP contribution is 2.19. The minimum atomic E-state index is 0. The first-order chi connectivity index (χ1) is 9.41. The molecule has 0 bridgehead atoms. The first kappa shape index (κ1) is 21.2. The monoisotopic (exact) mass is 350 g/mol. The second-order valence-electron chi connectivity index (χ2n) is 5.96. The molecule has 1 aromatic heterocycles. The first-order valence-corrected chi connectivity index (χ1v) is 7.42. The van der Waals surface area contributed by atoms with Crippen LogP contribution in [0.1, 0.15) is 30.8 Å². The third-order valence-corrected chi connectivity index (χ3v) is 4.38. The molecule has 0 radical (unpaired) electrons. The van der Waals surface area contributed by atoms with Crippen LogP contribution in [0.3, 0.4) is 0 Å². The molecule has 0 aliphatic carbocycles. The molecule has 0 saturated carbocycles. The highest BCUT2D eigenvalue weighted by Gasteiger charge is 2.27. The number of nitrogens with zero attached hydrogens (tertiary/aromatic N) is 3.